The lowest BCUT2D eigenvalue weighted by molar-refractivity contribution is -0.134. The first-order valence-electron chi connectivity index (χ1n) is 12.6. The minimum absolute atomic E-state index is 0.0299. The van der Waals surface area contributed by atoms with Gasteiger partial charge in [-0.3, -0.25) is 14.4 Å². The summed E-state index contributed by atoms with van der Waals surface area (Å²) in [7, 11) is 1.76. The van der Waals surface area contributed by atoms with Crippen molar-refractivity contribution in [2.75, 3.05) is 19.0 Å². The number of ether oxygens (including phenoxy) is 2. The molecule has 2 aliphatic heterocycles. The summed E-state index contributed by atoms with van der Waals surface area (Å²) < 4.78 is 17.2. The highest BCUT2D eigenvalue weighted by atomic mass is 16.5. The summed E-state index contributed by atoms with van der Waals surface area (Å²) in [5, 5.41) is 9.60. The maximum absolute atomic E-state index is 13.4. The maximum Gasteiger partial charge on any atom is 0.277 e. The number of nitrogens with zero attached hydrogens (tertiary/aromatic N) is 2. The van der Waals surface area contributed by atoms with Gasteiger partial charge in [-0.25, -0.2) is 0 Å². The zero-order chi connectivity index (χ0) is 25.2. The Labute approximate surface area is 209 Å². The van der Waals surface area contributed by atoms with Crippen LogP contribution in [0.25, 0.3) is 0 Å². The maximum atomic E-state index is 13.4. The first-order valence-corrected chi connectivity index (χ1v) is 12.6. The van der Waals surface area contributed by atoms with Crippen LogP contribution in [0.15, 0.2) is 28.8 Å². The highest BCUT2D eigenvalue weighted by molar-refractivity contribution is 6.04. The summed E-state index contributed by atoms with van der Waals surface area (Å²) in [5.74, 6) is 0.342. The fourth-order valence-corrected chi connectivity index (χ4v) is 5.34. The van der Waals surface area contributed by atoms with E-state index in [4.69, 9.17) is 14.0 Å². The quantitative estimate of drug-likeness (QED) is 0.652. The van der Waals surface area contributed by atoms with E-state index in [-0.39, 0.29) is 48.4 Å². The third-order valence-corrected chi connectivity index (χ3v) is 7.26. The molecule has 2 fully saturated rings. The van der Waals surface area contributed by atoms with E-state index >= 15 is 0 Å². The Morgan fingerprint density at radius 3 is 2.69 bits per heavy atom. The van der Waals surface area contributed by atoms with Gasteiger partial charge in [0.25, 0.3) is 11.8 Å². The van der Waals surface area contributed by atoms with E-state index in [1.54, 1.807) is 43.1 Å². The topological polar surface area (TPSA) is 123 Å². The first kappa shape index (κ1) is 24.3. The second-order valence-corrected chi connectivity index (χ2v) is 9.91. The molecule has 1 aromatic carbocycles. The van der Waals surface area contributed by atoms with E-state index in [0.717, 1.165) is 19.3 Å². The van der Waals surface area contributed by atoms with Gasteiger partial charge in [0.05, 0.1) is 24.1 Å². The molecule has 10 heteroatoms. The molecule has 3 heterocycles. The Kier molecular flexibility index (Phi) is 6.95. The first-order chi connectivity index (χ1) is 17.4. The number of amides is 3. The highest BCUT2D eigenvalue weighted by Crippen LogP contribution is 2.32. The normalized spacial score (nSPS) is 24.2. The van der Waals surface area contributed by atoms with Crippen LogP contribution < -0.4 is 15.4 Å². The fourth-order valence-electron chi connectivity index (χ4n) is 5.34. The van der Waals surface area contributed by atoms with Crippen LogP contribution in [0.2, 0.25) is 0 Å². The standard InChI is InChI=1S/C26H32N4O6/c1-15-11-20(29-36-15)25(32)28-17-7-10-22-19(12-17)26(33)30(2)21-9-8-18(35-23(21)14-34-22)13-24(31)27-16-5-3-4-6-16/h7,10-12,16,18,21,23H,3-6,8-9,13-14H2,1-2H3,(H,27,31)(H,28,32)/t18-,21-,23+/m0/s1. The molecular weight excluding hydrogens is 464 g/mol. The molecule has 0 unspecified atom stereocenters. The molecule has 1 saturated carbocycles. The zero-order valence-electron chi connectivity index (χ0n) is 20.6. The molecule has 0 radical (unpaired) electrons. The van der Waals surface area contributed by atoms with Crippen LogP contribution >= 0.6 is 0 Å². The minimum Gasteiger partial charge on any atom is -0.490 e. The Bertz CT molecular complexity index is 1140. The Hall–Kier alpha value is -3.40. The molecule has 2 N–H and O–H groups in total. The third-order valence-electron chi connectivity index (χ3n) is 7.26. The molecule has 1 aliphatic carbocycles. The van der Waals surface area contributed by atoms with Gasteiger partial charge in [-0.15, -0.1) is 0 Å². The van der Waals surface area contributed by atoms with Gasteiger partial charge in [-0.1, -0.05) is 18.0 Å². The van der Waals surface area contributed by atoms with Crippen molar-refractivity contribution in [3.8, 4) is 5.75 Å². The molecular formula is C26H32N4O6. The van der Waals surface area contributed by atoms with E-state index < -0.39 is 5.91 Å². The van der Waals surface area contributed by atoms with Crippen LogP contribution in [0, 0.1) is 6.92 Å². The van der Waals surface area contributed by atoms with Crippen molar-refractivity contribution < 1.29 is 28.4 Å². The number of aryl methyl sites for hydroxylation is 1. The minimum atomic E-state index is -0.428. The number of benzene rings is 1. The average Bonchev–Trinajstić information content (AvgIpc) is 3.53. The molecule has 0 spiro atoms. The molecule has 3 aliphatic rings. The number of aromatic nitrogens is 1. The number of hydrogen-bond donors (Lipinski definition) is 2. The number of carbonyl (C=O) groups excluding carboxylic acids is 3. The van der Waals surface area contributed by atoms with Crippen molar-refractivity contribution >= 4 is 23.4 Å². The lowest BCUT2D eigenvalue weighted by atomic mass is 9.94. The SMILES string of the molecule is Cc1cc(C(=O)Nc2ccc3c(c2)C(=O)N(C)[C@H]2CC[C@@H](CC(=O)NC4CCCC4)O[C@@H]2CO3)no1. The van der Waals surface area contributed by atoms with E-state index in [2.05, 4.69) is 15.8 Å². The largest absolute Gasteiger partial charge is 0.490 e. The molecule has 5 rings (SSSR count). The molecule has 36 heavy (non-hydrogen) atoms. The molecule has 0 bridgehead atoms. The van der Waals surface area contributed by atoms with Gasteiger partial charge in [0.1, 0.15) is 24.2 Å². The lowest BCUT2D eigenvalue weighted by Gasteiger charge is -2.42. The molecule has 1 aromatic heterocycles. The summed E-state index contributed by atoms with van der Waals surface area (Å²) in [6.07, 6.45) is 5.64. The number of nitrogens with one attached hydrogen (secondary N) is 2. The Morgan fingerprint density at radius 1 is 1.14 bits per heavy atom. The van der Waals surface area contributed by atoms with Gasteiger partial charge in [-0.05, 0) is 50.8 Å². The Balaban J connectivity index is 1.25. The number of fused-ring (bicyclic) bond motifs is 2. The second-order valence-electron chi connectivity index (χ2n) is 9.91. The van der Waals surface area contributed by atoms with Crippen LogP contribution in [0.1, 0.15) is 71.6 Å². The second kappa shape index (κ2) is 10.3. The van der Waals surface area contributed by atoms with E-state index in [9.17, 15) is 14.4 Å². The number of anilines is 1. The van der Waals surface area contributed by atoms with E-state index in [0.29, 0.717) is 35.6 Å². The van der Waals surface area contributed by atoms with Crippen LogP contribution in [-0.2, 0) is 9.53 Å². The fraction of sp³-hybridized carbons (Fsp3) is 0.538. The number of likely N-dealkylation sites (N-methyl/N-ethyl adjacent to an activating group) is 1. The van der Waals surface area contributed by atoms with Crippen molar-refractivity contribution in [2.45, 2.75) is 76.2 Å². The van der Waals surface area contributed by atoms with Crippen LogP contribution in [0.5, 0.6) is 5.75 Å². The van der Waals surface area contributed by atoms with Gasteiger partial charge in [0, 0.05) is 24.8 Å². The van der Waals surface area contributed by atoms with Crippen molar-refractivity contribution in [3.63, 3.8) is 0 Å². The number of hydrogen-bond acceptors (Lipinski definition) is 7. The summed E-state index contributed by atoms with van der Waals surface area (Å²) in [6, 6.07) is 6.61. The molecule has 10 nitrogen and oxygen atoms in total. The smallest absolute Gasteiger partial charge is 0.277 e. The Morgan fingerprint density at radius 2 is 1.94 bits per heavy atom. The van der Waals surface area contributed by atoms with Gasteiger partial charge in [0.15, 0.2) is 5.69 Å². The summed E-state index contributed by atoms with van der Waals surface area (Å²) in [6.45, 7) is 1.97. The van der Waals surface area contributed by atoms with E-state index in [1.165, 1.54) is 12.8 Å². The van der Waals surface area contributed by atoms with Crippen LogP contribution in [-0.4, -0.2) is 65.7 Å². The molecule has 1 saturated heterocycles. The van der Waals surface area contributed by atoms with Crippen LogP contribution in [0.3, 0.4) is 0 Å². The number of rotatable bonds is 5. The van der Waals surface area contributed by atoms with Gasteiger partial charge in [-0.2, -0.15) is 0 Å². The third kappa shape index (κ3) is 5.23. The highest BCUT2D eigenvalue weighted by Gasteiger charge is 2.39. The molecule has 2 aromatic rings. The van der Waals surface area contributed by atoms with Crippen LogP contribution in [0.4, 0.5) is 5.69 Å². The molecule has 192 valence electrons. The van der Waals surface area contributed by atoms with E-state index in [1.807, 2.05) is 0 Å². The predicted octanol–water partition coefficient (Wildman–Crippen LogP) is 3.06. The monoisotopic (exact) mass is 496 g/mol. The number of carbonyl (C=O) groups is 3. The summed E-state index contributed by atoms with van der Waals surface area (Å²) in [4.78, 5) is 40.0. The zero-order valence-corrected chi connectivity index (χ0v) is 20.6. The summed E-state index contributed by atoms with van der Waals surface area (Å²) in [5.41, 5.74) is 0.978. The van der Waals surface area contributed by atoms with Gasteiger partial charge >= 0.3 is 0 Å². The van der Waals surface area contributed by atoms with Gasteiger partial charge < -0.3 is 29.5 Å². The molecule has 3 amide bonds. The van der Waals surface area contributed by atoms with Crippen molar-refractivity contribution in [1.82, 2.24) is 15.4 Å². The van der Waals surface area contributed by atoms with Crippen molar-refractivity contribution in [1.29, 1.82) is 0 Å². The lowest BCUT2D eigenvalue weighted by Crippen LogP contribution is -2.54. The van der Waals surface area contributed by atoms with Crippen molar-refractivity contribution in [3.05, 3.63) is 41.3 Å². The van der Waals surface area contributed by atoms with Gasteiger partial charge in [0.2, 0.25) is 5.91 Å². The molecule has 3 atom stereocenters. The summed E-state index contributed by atoms with van der Waals surface area (Å²) >= 11 is 0. The van der Waals surface area contributed by atoms with Crippen molar-refractivity contribution in [2.24, 2.45) is 0 Å². The average molecular weight is 497 g/mol. The predicted molar refractivity (Wildman–Crippen MR) is 130 cm³/mol.